The van der Waals surface area contributed by atoms with Gasteiger partial charge in [-0.1, -0.05) is 6.42 Å². The number of carbonyl (C=O) groups excluding carboxylic acids is 1. The second-order valence-electron chi connectivity index (χ2n) is 6.23. The van der Waals surface area contributed by atoms with Gasteiger partial charge in [-0.3, -0.25) is 4.79 Å². The fraction of sp³-hybridized carbons (Fsp3) is 0.929. The van der Waals surface area contributed by atoms with Crippen LogP contribution in [0.15, 0.2) is 0 Å². The summed E-state index contributed by atoms with van der Waals surface area (Å²) < 4.78 is 0. The summed E-state index contributed by atoms with van der Waals surface area (Å²) >= 11 is 0. The van der Waals surface area contributed by atoms with Crippen LogP contribution in [0.1, 0.15) is 32.1 Å². The molecule has 1 amide bonds. The Morgan fingerprint density at radius 3 is 2.39 bits per heavy atom. The normalized spacial score (nSPS) is 30.1. The average molecular weight is 253 g/mol. The van der Waals surface area contributed by atoms with E-state index in [0.717, 1.165) is 57.7 Å². The molecule has 2 N–H and O–H groups in total. The first-order valence-corrected chi connectivity index (χ1v) is 7.27. The lowest BCUT2D eigenvalue weighted by Gasteiger charge is -2.35. The fourth-order valence-corrected chi connectivity index (χ4v) is 3.38. The summed E-state index contributed by atoms with van der Waals surface area (Å²) in [5.41, 5.74) is 6.03. The average Bonchev–Trinajstić information content (AvgIpc) is 2.75. The lowest BCUT2D eigenvalue weighted by molar-refractivity contribution is -0.137. The first-order valence-electron chi connectivity index (χ1n) is 7.27. The highest BCUT2D eigenvalue weighted by Gasteiger charge is 2.34. The van der Waals surface area contributed by atoms with E-state index < -0.39 is 0 Å². The highest BCUT2D eigenvalue weighted by atomic mass is 16.2. The largest absolute Gasteiger partial charge is 0.342 e. The molecule has 2 atom stereocenters. The van der Waals surface area contributed by atoms with E-state index in [9.17, 15) is 4.79 Å². The molecule has 104 valence electrons. The smallest absolute Gasteiger partial charge is 0.227 e. The Hall–Kier alpha value is -0.610. The van der Waals surface area contributed by atoms with Crippen molar-refractivity contribution in [3.8, 4) is 0 Å². The molecule has 2 aliphatic rings. The second-order valence-corrected chi connectivity index (χ2v) is 6.23. The van der Waals surface area contributed by atoms with Crippen molar-refractivity contribution in [2.24, 2.45) is 17.6 Å². The van der Waals surface area contributed by atoms with Crippen molar-refractivity contribution < 1.29 is 4.79 Å². The lowest BCUT2D eigenvalue weighted by Crippen LogP contribution is -2.46. The van der Waals surface area contributed by atoms with E-state index in [1.165, 1.54) is 0 Å². The highest BCUT2D eigenvalue weighted by molar-refractivity contribution is 5.80. The number of rotatable bonds is 3. The van der Waals surface area contributed by atoms with Gasteiger partial charge in [-0.05, 0) is 45.7 Å². The molecule has 1 saturated heterocycles. The molecule has 18 heavy (non-hydrogen) atoms. The van der Waals surface area contributed by atoms with Gasteiger partial charge in [0, 0.05) is 25.7 Å². The molecule has 0 aromatic rings. The summed E-state index contributed by atoms with van der Waals surface area (Å²) in [6, 6.07) is 0.108. The van der Waals surface area contributed by atoms with Crippen LogP contribution in [-0.4, -0.2) is 55.5 Å². The van der Waals surface area contributed by atoms with Gasteiger partial charge in [-0.25, -0.2) is 0 Å². The van der Waals surface area contributed by atoms with Gasteiger partial charge in [0.15, 0.2) is 0 Å². The van der Waals surface area contributed by atoms with Crippen molar-refractivity contribution >= 4 is 5.91 Å². The SMILES string of the molecule is CN(C)CC1CCN(C(=O)C2CCCC2N)CC1. The fourth-order valence-electron chi connectivity index (χ4n) is 3.38. The predicted molar refractivity (Wildman–Crippen MR) is 73.2 cm³/mol. The van der Waals surface area contributed by atoms with Gasteiger partial charge in [0.25, 0.3) is 0 Å². The van der Waals surface area contributed by atoms with Gasteiger partial charge in [-0.15, -0.1) is 0 Å². The van der Waals surface area contributed by atoms with Crippen LogP contribution >= 0.6 is 0 Å². The van der Waals surface area contributed by atoms with Crippen LogP contribution in [0, 0.1) is 11.8 Å². The Bertz CT molecular complexity index is 285. The molecule has 1 aliphatic carbocycles. The van der Waals surface area contributed by atoms with Crippen LogP contribution in [-0.2, 0) is 4.79 Å². The molecule has 4 nitrogen and oxygen atoms in total. The third kappa shape index (κ3) is 3.23. The molecular weight excluding hydrogens is 226 g/mol. The third-order valence-corrected chi connectivity index (χ3v) is 4.44. The zero-order valence-electron chi connectivity index (χ0n) is 11.8. The summed E-state index contributed by atoms with van der Waals surface area (Å²) in [6.45, 7) is 3.01. The molecule has 4 heteroatoms. The quantitative estimate of drug-likeness (QED) is 0.813. The van der Waals surface area contributed by atoms with Crippen molar-refractivity contribution in [2.75, 3.05) is 33.7 Å². The summed E-state index contributed by atoms with van der Waals surface area (Å²) in [5, 5.41) is 0. The minimum atomic E-state index is 0.107. The number of carbonyl (C=O) groups is 1. The van der Waals surface area contributed by atoms with Crippen LogP contribution in [0.4, 0.5) is 0 Å². The van der Waals surface area contributed by atoms with E-state index >= 15 is 0 Å². The number of hydrogen-bond acceptors (Lipinski definition) is 3. The standard InChI is InChI=1S/C14H27N3O/c1-16(2)10-11-6-8-17(9-7-11)14(18)12-4-3-5-13(12)15/h11-13H,3-10,15H2,1-2H3. The topological polar surface area (TPSA) is 49.6 Å². The van der Waals surface area contributed by atoms with Crippen LogP contribution in [0.5, 0.6) is 0 Å². The van der Waals surface area contributed by atoms with Crippen molar-refractivity contribution in [3.63, 3.8) is 0 Å². The molecule has 0 aromatic heterocycles. The third-order valence-electron chi connectivity index (χ3n) is 4.44. The van der Waals surface area contributed by atoms with Gasteiger partial charge in [0.05, 0.1) is 5.92 Å². The molecule has 0 aromatic carbocycles. The van der Waals surface area contributed by atoms with Crippen LogP contribution in [0.3, 0.4) is 0 Å². The minimum absolute atomic E-state index is 0.107. The summed E-state index contributed by atoms with van der Waals surface area (Å²) in [4.78, 5) is 16.7. The molecule has 1 aliphatic heterocycles. The summed E-state index contributed by atoms with van der Waals surface area (Å²) in [6.07, 6.45) is 5.43. The number of nitrogens with two attached hydrogens (primary N) is 1. The lowest BCUT2D eigenvalue weighted by atomic mass is 9.94. The Morgan fingerprint density at radius 1 is 1.22 bits per heavy atom. The van der Waals surface area contributed by atoms with Crippen LogP contribution < -0.4 is 5.73 Å². The maximum absolute atomic E-state index is 12.4. The monoisotopic (exact) mass is 253 g/mol. The van der Waals surface area contributed by atoms with Crippen molar-refractivity contribution in [2.45, 2.75) is 38.1 Å². The number of piperidine rings is 1. The van der Waals surface area contributed by atoms with Crippen molar-refractivity contribution in [1.29, 1.82) is 0 Å². The minimum Gasteiger partial charge on any atom is -0.342 e. The van der Waals surface area contributed by atoms with E-state index in [4.69, 9.17) is 5.73 Å². The molecule has 0 radical (unpaired) electrons. The van der Waals surface area contributed by atoms with Gasteiger partial charge in [0.2, 0.25) is 5.91 Å². The Morgan fingerprint density at radius 2 is 1.89 bits per heavy atom. The predicted octanol–water partition coefficient (Wildman–Crippen LogP) is 0.914. The van der Waals surface area contributed by atoms with E-state index in [1.807, 2.05) is 0 Å². The number of likely N-dealkylation sites (tertiary alicyclic amines) is 1. The molecule has 0 spiro atoms. The van der Waals surface area contributed by atoms with Crippen LogP contribution in [0.2, 0.25) is 0 Å². The Balaban J connectivity index is 1.80. The first kappa shape index (κ1) is 13.8. The highest BCUT2D eigenvalue weighted by Crippen LogP contribution is 2.28. The first-order chi connectivity index (χ1) is 8.58. The van der Waals surface area contributed by atoms with Crippen LogP contribution in [0.25, 0.3) is 0 Å². The van der Waals surface area contributed by atoms with Gasteiger partial charge in [-0.2, -0.15) is 0 Å². The molecule has 2 rings (SSSR count). The molecule has 2 fully saturated rings. The zero-order valence-corrected chi connectivity index (χ0v) is 11.8. The maximum Gasteiger partial charge on any atom is 0.227 e. The zero-order chi connectivity index (χ0) is 13.1. The van der Waals surface area contributed by atoms with Gasteiger partial charge in [0.1, 0.15) is 0 Å². The number of amides is 1. The van der Waals surface area contributed by atoms with Crippen molar-refractivity contribution in [1.82, 2.24) is 9.80 Å². The van der Waals surface area contributed by atoms with E-state index in [2.05, 4.69) is 23.9 Å². The molecule has 2 unspecified atom stereocenters. The molecule has 0 bridgehead atoms. The Kier molecular flexibility index (Phi) is 4.62. The van der Waals surface area contributed by atoms with Gasteiger partial charge >= 0.3 is 0 Å². The number of nitrogens with zero attached hydrogens (tertiary/aromatic N) is 2. The van der Waals surface area contributed by atoms with E-state index in [1.54, 1.807) is 0 Å². The molecule has 1 heterocycles. The second kappa shape index (κ2) is 6.02. The molecular formula is C14H27N3O. The van der Waals surface area contributed by atoms with Gasteiger partial charge < -0.3 is 15.5 Å². The maximum atomic E-state index is 12.4. The Labute approximate surface area is 110 Å². The van der Waals surface area contributed by atoms with E-state index in [0.29, 0.717) is 5.91 Å². The summed E-state index contributed by atoms with van der Waals surface area (Å²) in [5.74, 6) is 1.18. The summed E-state index contributed by atoms with van der Waals surface area (Å²) in [7, 11) is 4.24. The molecule has 1 saturated carbocycles. The van der Waals surface area contributed by atoms with E-state index in [-0.39, 0.29) is 12.0 Å². The van der Waals surface area contributed by atoms with Crippen molar-refractivity contribution in [3.05, 3.63) is 0 Å². The number of hydrogen-bond donors (Lipinski definition) is 1.